The van der Waals surface area contributed by atoms with Gasteiger partial charge in [0.2, 0.25) is 0 Å². The number of carbonyl (C=O) groups excluding carboxylic acids is 1. The van der Waals surface area contributed by atoms with Crippen molar-refractivity contribution in [1.29, 1.82) is 0 Å². The Kier molecular flexibility index (Phi) is 9.59. The molecule has 0 saturated heterocycles. The number of benzene rings is 1. The Morgan fingerprint density at radius 1 is 1.22 bits per heavy atom. The topological polar surface area (TPSA) is 53.2 Å². The van der Waals surface area contributed by atoms with Crippen molar-refractivity contribution >= 4 is 50.9 Å². The Morgan fingerprint density at radius 3 is 2.48 bits per heavy atom. The van der Waals surface area contributed by atoms with Crippen LogP contribution in [-0.2, 0) is 10.5 Å². The first-order valence-corrected chi connectivity index (χ1v) is 9.83. The average molecular weight is 418 g/mol. The summed E-state index contributed by atoms with van der Waals surface area (Å²) in [5.41, 5.74) is 6.58. The van der Waals surface area contributed by atoms with Crippen LogP contribution >= 0.6 is 39.9 Å². The van der Waals surface area contributed by atoms with Crippen LogP contribution in [0.3, 0.4) is 0 Å². The van der Waals surface area contributed by atoms with Crippen LogP contribution in [0.25, 0.3) is 0 Å². The lowest BCUT2D eigenvalue weighted by molar-refractivity contribution is -0.120. The molecule has 0 aromatic heterocycles. The molecule has 0 unspecified atom stereocenters. The summed E-state index contributed by atoms with van der Waals surface area (Å²) in [6, 6.07) is 8.11. The zero-order chi connectivity index (χ0) is 17.2. The van der Waals surface area contributed by atoms with Crippen LogP contribution in [0.4, 0.5) is 0 Å². The van der Waals surface area contributed by atoms with Gasteiger partial charge in [-0.2, -0.15) is 0 Å². The molecule has 23 heavy (non-hydrogen) atoms. The van der Waals surface area contributed by atoms with Gasteiger partial charge in [-0.25, -0.2) is 0 Å². The number of rotatable bonds is 7. The molecule has 3 N–H and O–H groups in total. The van der Waals surface area contributed by atoms with Gasteiger partial charge < -0.3 is 5.32 Å². The molecule has 0 saturated carbocycles. The SMILES string of the molecule is CC(C)CCNC(=S)NNC(=O)[C@@H](C)SCc1ccc(Br)cc1. The van der Waals surface area contributed by atoms with Gasteiger partial charge in [-0.1, -0.05) is 41.9 Å². The summed E-state index contributed by atoms with van der Waals surface area (Å²) in [4.78, 5) is 12.0. The number of thiocarbonyl (C=S) groups is 1. The highest BCUT2D eigenvalue weighted by atomic mass is 79.9. The third-order valence-corrected chi connectivity index (χ3v) is 5.08. The molecule has 0 radical (unpaired) electrons. The predicted octanol–water partition coefficient (Wildman–Crippen LogP) is 3.61. The van der Waals surface area contributed by atoms with E-state index in [0.717, 1.165) is 23.2 Å². The van der Waals surface area contributed by atoms with Crippen LogP contribution in [0.1, 0.15) is 32.8 Å². The smallest absolute Gasteiger partial charge is 0.251 e. The molecule has 0 aliphatic rings. The highest BCUT2D eigenvalue weighted by molar-refractivity contribution is 9.10. The lowest BCUT2D eigenvalue weighted by atomic mass is 10.1. The van der Waals surface area contributed by atoms with Gasteiger partial charge in [-0.3, -0.25) is 15.6 Å². The molecule has 0 spiro atoms. The molecule has 0 aliphatic heterocycles. The number of carbonyl (C=O) groups is 1. The highest BCUT2D eigenvalue weighted by Gasteiger charge is 2.13. The van der Waals surface area contributed by atoms with Gasteiger partial charge in [0.05, 0.1) is 5.25 Å². The van der Waals surface area contributed by atoms with Gasteiger partial charge in [0.15, 0.2) is 5.11 Å². The van der Waals surface area contributed by atoms with Crippen molar-refractivity contribution in [3.63, 3.8) is 0 Å². The fourth-order valence-electron chi connectivity index (χ4n) is 1.62. The van der Waals surface area contributed by atoms with E-state index in [1.165, 1.54) is 5.56 Å². The van der Waals surface area contributed by atoms with E-state index < -0.39 is 0 Å². The summed E-state index contributed by atoms with van der Waals surface area (Å²) in [5.74, 6) is 1.33. The lowest BCUT2D eigenvalue weighted by Gasteiger charge is -2.15. The molecule has 0 bridgehead atoms. The number of hydrazine groups is 1. The predicted molar refractivity (Wildman–Crippen MR) is 106 cm³/mol. The molecule has 1 amide bonds. The number of amides is 1. The van der Waals surface area contributed by atoms with Crippen LogP contribution in [0.15, 0.2) is 28.7 Å². The van der Waals surface area contributed by atoms with E-state index in [4.69, 9.17) is 12.2 Å². The highest BCUT2D eigenvalue weighted by Crippen LogP contribution is 2.19. The van der Waals surface area contributed by atoms with Crippen molar-refractivity contribution in [2.75, 3.05) is 6.54 Å². The first kappa shape index (κ1) is 20.3. The van der Waals surface area contributed by atoms with Crippen molar-refractivity contribution in [2.45, 2.75) is 38.2 Å². The molecule has 0 aliphatic carbocycles. The zero-order valence-electron chi connectivity index (χ0n) is 13.7. The van der Waals surface area contributed by atoms with E-state index in [-0.39, 0.29) is 11.2 Å². The number of halogens is 1. The third-order valence-electron chi connectivity index (χ3n) is 3.09. The van der Waals surface area contributed by atoms with Crippen molar-refractivity contribution in [3.8, 4) is 0 Å². The van der Waals surface area contributed by atoms with E-state index in [1.807, 2.05) is 31.2 Å². The first-order valence-electron chi connectivity index (χ1n) is 7.58. The van der Waals surface area contributed by atoms with E-state index in [9.17, 15) is 4.79 Å². The van der Waals surface area contributed by atoms with Crippen LogP contribution in [0.5, 0.6) is 0 Å². The quantitative estimate of drug-likeness (QED) is 0.467. The van der Waals surface area contributed by atoms with E-state index >= 15 is 0 Å². The first-order chi connectivity index (χ1) is 10.9. The molecule has 0 fully saturated rings. The van der Waals surface area contributed by atoms with Gasteiger partial charge in [0.25, 0.3) is 5.91 Å². The largest absolute Gasteiger partial charge is 0.361 e. The Balaban J connectivity index is 2.23. The minimum Gasteiger partial charge on any atom is -0.361 e. The Labute approximate surface area is 156 Å². The molecule has 7 heteroatoms. The van der Waals surface area contributed by atoms with Crippen molar-refractivity contribution in [1.82, 2.24) is 16.2 Å². The van der Waals surface area contributed by atoms with Gasteiger partial charge in [0, 0.05) is 16.8 Å². The Bertz CT molecular complexity index is 509. The third kappa shape index (κ3) is 9.17. The molecular weight excluding hydrogens is 394 g/mol. The number of nitrogens with one attached hydrogen (secondary N) is 3. The maximum atomic E-state index is 12.0. The summed E-state index contributed by atoms with van der Waals surface area (Å²) in [6.45, 7) is 7.00. The second kappa shape index (κ2) is 10.9. The Morgan fingerprint density at radius 2 is 1.87 bits per heavy atom. The molecule has 1 rings (SSSR count). The van der Waals surface area contributed by atoms with Gasteiger partial charge in [0.1, 0.15) is 0 Å². The van der Waals surface area contributed by atoms with Gasteiger partial charge in [-0.05, 0) is 49.2 Å². The minimum absolute atomic E-state index is 0.0832. The molecule has 1 aromatic carbocycles. The molecule has 1 atom stereocenters. The molecule has 128 valence electrons. The van der Waals surface area contributed by atoms with E-state index in [2.05, 4.69) is 45.9 Å². The molecule has 0 heterocycles. The van der Waals surface area contributed by atoms with Gasteiger partial charge >= 0.3 is 0 Å². The minimum atomic E-state index is -0.162. The van der Waals surface area contributed by atoms with E-state index in [0.29, 0.717) is 11.0 Å². The van der Waals surface area contributed by atoms with Crippen LogP contribution < -0.4 is 16.2 Å². The molecular formula is C16H24BrN3OS2. The van der Waals surface area contributed by atoms with Crippen LogP contribution in [0, 0.1) is 5.92 Å². The number of hydrogen-bond acceptors (Lipinski definition) is 3. The summed E-state index contributed by atoms with van der Waals surface area (Å²) in [7, 11) is 0. The second-order valence-corrected chi connectivity index (χ2v) is 8.29. The van der Waals surface area contributed by atoms with Crippen LogP contribution in [0.2, 0.25) is 0 Å². The van der Waals surface area contributed by atoms with Crippen molar-refractivity contribution in [2.24, 2.45) is 5.92 Å². The van der Waals surface area contributed by atoms with Crippen molar-refractivity contribution < 1.29 is 4.79 Å². The van der Waals surface area contributed by atoms with Gasteiger partial charge in [-0.15, -0.1) is 11.8 Å². The van der Waals surface area contributed by atoms with E-state index in [1.54, 1.807) is 11.8 Å². The number of thioether (sulfide) groups is 1. The Hall–Kier alpha value is -0.790. The maximum absolute atomic E-state index is 12.0. The lowest BCUT2D eigenvalue weighted by Crippen LogP contribution is -2.49. The fraction of sp³-hybridized carbons (Fsp3) is 0.500. The normalized spacial score (nSPS) is 11.9. The maximum Gasteiger partial charge on any atom is 0.251 e. The summed E-state index contributed by atoms with van der Waals surface area (Å²) in [5, 5.41) is 3.35. The molecule has 1 aromatic rings. The summed E-state index contributed by atoms with van der Waals surface area (Å²) >= 11 is 10.1. The average Bonchev–Trinajstić information content (AvgIpc) is 2.51. The summed E-state index contributed by atoms with van der Waals surface area (Å²) in [6.07, 6.45) is 1.04. The number of hydrogen-bond donors (Lipinski definition) is 3. The van der Waals surface area contributed by atoms with Crippen LogP contribution in [-0.4, -0.2) is 22.8 Å². The fourth-order valence-corrected chi connectivity index (χ4v) is 2.88. The summed E-state index contributed by atoms with van der Waals surface area (Å²) < 4.78 is 1.06. The monoisotopic (exact) mass is 417 g/mol. The second-order valence-electron chi connectivity index (χ2n) is 5.63. The molecule has 4 nitrogen and oxygen atoms in total. The zero-order valence-corrected chi connectivity index (χ0v) is 16.9. The standard InChI is InChI=1S/C16H24BrN3OS2/c1-11(2)8-9-18-16(22)20-19-15(21)12(3)23-10-13-4-6-14(17)7-5-13/h4-7,11-12H,8-10H2,1-3H3,(H,19,21)(H2,18,20,22)/t12-/m1/s1. The van der Waals surface area contributed by atoms with Crippen molar-refractivity contribution in [3.05, 3.63) is 34.3 Å².